The third kappa shape index (κ3) is 2.84. The maximum atomic E-state index is 14.2. The number of aromatic nitrogens is 4. The standard InChI is InChI=1S/C24H18FN5O2/c1-31-17-11-9-14(10-12-17)22-20-21(26-24-27-28-29-30(22)24)18-7-2-3-8-19(18)32-23(20)15-5-4-6-16(25)13-15/h2-13,22-23H,1H3,(H,26,27,29)/t22-,23+/m1/s1. The second-order valence-electron chi connectivity index (χ2n) is 7.63. The molecule has 0 amide bonds. The van der Waals surface area contributed by atoms with E-state index < -0.39 is 6.10 Å². The van der Waals surface area contributed by atoms with Crippen molar-refractivity contribution in [3.8, 4) is 11.5 Å². The lowest BCUT2D eigenvalue weighted by atomic mass is 9.84. The van der Waals surface area contributed by atoms with Gasteiger partial charge in [-0.1, -0.05) is 41.5 Å². The van der Waals surface area contributed by atoms with Crippen molar-refractivity contribution < 1.29 is 13.9 Å². The molecule has 7 nitrogen and oxygen atoms in total. The minimum Gasteiger partial charge on any atom is -0.497 e. The van der Waals surface area contributed by atoms with Gasteiger partial charge in [-0.2, -0.15) is 4.68 Å². The van der Waals surface area contributed by atoms with Crippen LogP contribution in [0, 0.1) is 5.82 Å². The van der Waals surface area contributed by atoms with Crippen LogP contribution in [0.4, 0.5) is 10.3 Å². The lowest BCUT2D eigenvalue weighted by Crippen LogP contribution is -2.32. The van der Waals surface area contributed by atoms with Gasteiger partial charge >= 0.3 is 0 Å². The zero-order valence-corrected chi connectivity index (χ0v) is 17.1. The van der Waals surface area contributed by atoms with Crippen molar-refractivity contribution >= 4 is 11.6 Å². The molecule has 0 bridgehead atoms. The summed E-state index contributed by atoms with van der Waals surface area (Å²) in [5, 5.41) is 15.7. The van der Waals surface area contributed by atoms with Crippen molar-refractivity contribution in [3.63, 3.8) is 0 Å². The summed E-state index contributed by atoms with van der Waals surface area (Å²) in [6.07, 6.45) is -0.535. The van der Waals surface area contributed by atoms with E-state index in [4.69, 9.17) is 9.47 Å². The van der Waals surface area contributed by atoms with E-state index in [2.05, 4.69) is 20.8 Å². The molecular weight excluding hydrogens is 409 g/mol. The number of nitrogens with zero attached hydrogens (tertiary/aromatic N) is 4. The molecule has 3 aromatic carbocycles. The number of halogens is 1. The molecule has 1 N–H and O–H groups in total. The smallest absolute Gasteiger partial charge is 0.248 e. The molecule has 2 aliphatic rings. The van der Waals surface area contributed by atoms with Crippen LogP contribution in [0.1, 0.15) is 28.8 Å². The monoisotopic (exact) mass is 427 g/mol. The number of hydrogen-bond acceptors (Lipinski definition) is 6. The number of ether oxygens (including phenoxy) is 2. The highest BCUT2D eigenvalue weighted by molar-refractivity contribution is 5.85. The van der Waals surface area contributed by atoms with Gasteiger partial charge in [0.05, 0.1) is 12.8 Å². The highest BCUT2D eigenvalue weighted by Gasteiger charge is 2.41. The number of anilines is 1. The van der Waals surface area contributed by atoms with Gasteiger partial charge in [0.25, 0.3) is 0 Å². The zero-order chi connectivity index (χ0) is 21.7. The number of tetrazole rings is 1. The van der Waals surface area contributed by atoms with E-state index in [1.807, 2.05) is 54.6 Å². The van der Waals surface area contributed by atoms with Gasteiger partial charge in [-0.25, -0.2) is 4.39 Å². The van der Waals surface area contributed by atoms with Crippen LogP contribution in [0.2, 0.25) is 0 Å². The lowest BCUT2D eigenvalue weighted by Gasteiger charge is -2.38. The normalized spacial score (nSPS) is 18.7. The van der Waals surface area contributed by atoms with Crippen LogP contribution >= 0.6 is 0 Å². The first kappa shape index (κ1) is 18.6. The summed E-state index contributed by atoms with van der Waals surface area (Å²) >= 11 is 0. The van der Waals surface area contributed by atoms with Crippen molar-refractivity contribution in [3.05, 3.63) is 101 Å². The Morgan fingerprint density at radius 2 is 1.84 bits per heavy atom. The molecule has 158 valence electrons. The predicted molar refractivity (Wildman–Crippen MR) is 116 cm³/mol. The fourth-order valence-corrected chi connectivity index (χ4v) is 4.39. The second-order valence-corrected chi connectivity index (χ2v) is 7.63. The van der Waals surface area contributed by atoms with Crippen molar-refractivity contribution in [1.82, 2.24) is 20.2 Å². The summed E-state index contributed by atoms with van der Waals surface area (Å²) in [5.74, 6) is 1.67. The van der Waals surface area contributed by atoms with Crippen molar-refractivity contribution in [1.29, 1.82) is 0 Å². The van der Waals surface area contributed by atoms with Gasteiger partial charge in [0.1, 0.15) is 29.5 Å². The van der Waals surface area contributed by atoms with Gasteiger partial charge in [0, 0.05) is 11.1 Å². The van der Waals surface area contributed by atoms with Gasteiger partial charge in [0.15, 0.2) is 0 Å². The molecule has 0 spiro atoms. The Kier molecular flexibility index (Phi) is 4.17. The quantitative estimate of drug-likeness (QED) is 0.523. The molecule has 0 saturated carbocycles. The number of methoxy groups -OCH3 is 1. The Labute approximate surface area is 183 Å². The third-order valence-electron chi connectivity index (χ3n) is 5.82. The molecule has 0 aliphatic carbocycles. The second kappa shape index (κ2) is 7.19. The van der Waals surface area contributed by atoms with Gasteiger partial charge in [0.2, 0.25) is 5.95 Å². The van der Waals surface area contributed by atoms with Gasteiger partial charge in [-0.15, -0.1) is 0 Å². The minimum absolute atomic E-state index is 0.319. The lowest BCUT2D eigenvalue weighted by molar-refractivity contribution is 0.222. The molecule has 0 saturated heterocycles. The summed E-state index contributed by atoms with van der Waals surface area (Å²) in [4.78, 5) is 0. The minimum atomic E-state index is -0.535. The molecular formula is C24H18FN5O2. The highest BCUT2D eigenvalue weighted by Crippen LogP contribution is 2.50. The van der Waals surface area contributed by atoms with Crippen LogP contribution in [0.15, 0.2) is 78.4 Å². The van der Waals surface area contributed by atoms with Crippen LogP contribution in [-0.4, -0.2) is 27.3 Å². The molecule has 4 aromatic rings. The Bertz CT molecular complexity index is 1350. The van der Waals surface area contributed by atoms with Crippen molar-refractivity contribution in [2.75, 3.05) is 12.4 Å². The molecule has 0 unspecified atom stereocenters. The number of rotatable bonds is 3. The Morgan fingerprint density at radius 3 is 2.66 bits per heavy atom. The Balaban J connectivity index is 1.61. The fraction of sp³-hybridized carbons (Fsp3) is 0.125. The van der Waals surface area contributed by atoms with Crippen LogP contribution < -0.4 is 14.8 Å². The molecule has 0 fully saturated rings. The maximum Gasteiger partial charge on any atom is 0.248 e. The van der Waals surface area contributed by atoms with Crippen LogP contribution in [0.3, 0.4) is 0 Å². The maximum absolute atomic E-state index is 14.2. The van der Waals surface area contributed by atoms with Crippen molar-refractivity contribution in [2.24, 2.45) is 0 Å². The molecule has 0 radical (unpaired) electrons. The first-order chi connectivity index (χ1) is 15.7. The number of para-hydroxylation sites is 1. The first-order valence-corrected chi connectivity index (χ1v) is 10.2. The molecule has 8 heteroatoms. The molecule has 3 heterocycles. The van der Waals surface area contributed by atoms with E-state index >= 15 is 0 Å². The van der Waals surface area contributed by atoms with E-state index in [0.29, 0.717) is 17.3 Å². The van der Waals surface area contributed by atoms with Crippen molar-refractivity contribution in [2.45, 2.75) is 12.1 Å². The average molecular weight is 427 g/mol. The van der Waals surface area contributed by atoms with E-state index in [9.17, 15) is 4.39 Å². The van der Waals surface area contributed by atoms with Gasteiger partial charge < -0.3 is 14.8 Å². The fourth-order valence-electron chi connectivity index (χ4n) is 4.39. The SMILES string of the molecule is COc1ccc([C@@H]2C3=C(Nc4nnnn42)c2ccccc2O[C@H]3c2cccc(F)c2)cc1. The summed E-state index contributed by atoms with van der Waals surface area (Å²) in [6.45, 7) is 0. The zero-order valence-electron chi connectivity index (χ0n) is 17.1. The molecule has 6 rings (SSSR count). The first-order valence-electron chi connectivity index (χ1n) is 10.2. The van der Waals surface area contributed by atoms with E-state index in [1.165, 1.54) is 12.1 Å². The number of nitrogens with one attached hydrogen (secondary N) is 1. The van der Waals surface area contributed by atoms with E-state index in [0.717, 1.165) is 28.1 Å². The average Bonchev–Trinajstić information content (AvgIpc) is 3.30. The van der Waals surface area contributed by atoms with Crippen LogP contribution in [0.25, 0.3) is 5.70 Å². The van der Waals surface area contributed by atoms with Crippen LogP contribution in [-0.2, 0) is 0 Å². The third-order valence-corrected chi connectivity index (χ3v) is 5.82. The van der Waals surface area contributed by atoms with Crippen LogP contribution in [0.5, 0.6) is 11.5 Å². The summed E-state index contributed by atoms with van der Waals surface area (Å²) in [7, 11) is 1.63. The number of benzene rings is 3. The Morgan fingerprint density at radius 1 is 1.00 bits per heavy atom. The molecule has 1 aromatic heterocycles. The van der Waals surface area contributed by atoms with Gasteiger partial charge in [-0.3, -0.25) is 0 Å². The molecule has 2 aliphatic heterocycles. The number of hydrogen-bond donors (Lipinski definition) is 1. The van der Waals surface area contributed by atoms with Gasteiger partial charge in [-0.05, 0) is 58.0 Å². The summed E-state index contributed by atoms with van der Waals surface area (Å²) in [5.41, 5.74) is 4.34. The van der Waals surface area contributed by atoms with E-state index in [-0.39, 0.29) is 11.9 Å². The Hall–Kier alpha value is -4.20. The highest BCUT2D eigenvalue weighted by atomic mass is 19.1. The predicted octanol–water partition coefficient (Wildman–Crippen LogP) is 4.38. The molecule has 2 atom stereocenters. The molecule has 32 heavy (non-hydrogen) atoms. The van der Waals surface area contributed by atoms with E-state index in [1.54, 1.807) is 17.9 Å². The summed E-state index contributed by atoms with van der Waals surface area (Å²) < 4.78 is 27.7. The topological polar surface area (TPSA) is 74.1 Å². The number of fused-ring (bicyclic) bond motifs is 3. The summed E-state index contributed by atoms with van der Waals surface area (Å²) in [6, 6.07) is 21.7. The largest absolute Gasteiger partial charge is 0.497 e.